The molecule has 2 aliphatic heterocycles. The summed E-state index contributed by atoms with van der Waals surface area (Å²) in [5.41, 5.74) is 2.92. The van der Waals surface area contributed by atoms with Crippen molar-refractivity contribution in [2.24, 2.45) is 0 Å². The normalized spacial score (nSPS) is 20.0. The Morgan fingerprint density at radius 2 is 1.93 bits per heavy atom. The first-order valence-corrected chi connectivity index (χ1v) is 10.4. The van der Waals surface area contributed by atoms with Crippen molar-refractivity contribution in [3.05, 3.63) is 65.7 Å². The molecule has 29 heavy (non-hydrogen) atoms. The molecule has 2 fully saturated rings. The zero-order valence-corrected chi connectivity index (χ0v) is 16.4. The first-order chi connectivity index (χ1) is 14.2. The van der Waals surface area contributed by atoms with Gasteiger partial charge in [0.2, 0.25) is 0 Å². The SMILES string of the molecule is O=C(c1ccc(Cn2cnc3ccccc32)cc1F)N1CCC(N2CCCC2)C1. The smallest absolute Gasteiger partial charge is 0.256 e. The molecule has 1 amide bonds. The first kappa shape index (κ1) is 18.3. The molecule has 2 aliphatic rings. The maximum atomic E-state index is 14.8. The lowest BCUT2D eigenvalue weighted by Crippen LogP contribution is -2.37. The number of nitrogens with zero attached hydrogens (tertiary/aromatic N) is 4. The van der Waals surface area contributed by atoms with E-state index < -0.39 is 5.82 Å². The van der Waals surface area contributed by atoms with Crippen LogP contribution in [0, 0.1) is 5.82 Å². The number of fused-ring (bicyclic) bond motifs is 1. The molecule has 5 rings (SSSR count). The van der Waals surface area contributed by atoms with Crippen molar-refractivity contribution in [1.29, 1.82) is 0 Å². The number of para-hydroxylation sites is 2. The predicted molar refractivity (Wildman–Crippen MR) is 110 cm³/mol. The van der Waals surface area contributed by atoms with Gasteiger partial charge in [-0.1, -0.05) is 18.2 Å². The number of halogens is 1. The molecule has 3 heterocycles. The summed E-state index contributed by atoms with van der Waals surface area (Å²) < 4.78 is 16.8. The summed E-state index contributed by atoms with van der Waals surface area (Å²) in [6.45, 7) is 4.19. The van der Waals surface area contributed by atoms with Gasteiger partial charge < -0.3 is 9.47 Å². The van der Waals surface area contributed by atoms with Crippen LogP contribution in [0.3, 0.4) is 0 Å². The third-order valence-corrected chi connectivity index (χ3v) is 6.25. The number of carbonyl (C=O) groups excluding carboxylic acids is 1. The second-order valence-electron chi connectivity index (χ2n) is 8.11. The summed E-state index contributed by atoms with van der Waals surface area (Å²) in [6.07, 6.45) is 5.24. The summed E-state index contributed by atoms with van der Waals surface area (Å²) in [7, 11) is 0. The van der Waals surface area contributed by atoms with Crippen LogP contribution in [0.1, 0.15) is 35.2 Å². The molecule has 0 aliphatic carbocycles. The van der Waals surface area contributed by atoms with Crippen LogP contribution in [0.15, 0.2) is 48.8 Å². The van der Waals surface area contributed by atoms with Gasteiger partial charge in [-0.3, -0.25) is 9.69 Å². The van der Waals surface area contributed by atoms with Crippen molar-refractivity contribution in [3.63, 3.8) is 0 Å². The Kier molecular flexibility index (Phi) is 4.79. The van der Waals surface area contributed by atoms with E-state index in [-0.39, 0.29) is 11.5 Å². The fourth-order valence-corrected chi connectivity index (χ4v) is 4.66. The van der Waals surface area contributed by atoms with E-state index in [9.17, 15) is 9.18 Å². The summed E-state index contributed by atoms with van der Waals surface area (Å²) in [5.74, 6) is -0.634. The first-order valence-electron chi connectivity index (χ1n) is 10.4. The van der Waals surface area contributed by atoms with Crippen LogP contribution in [-0.4, -0.2) is 57.5 Å². The van der Waals surface area contributed by atoms with Crippen molar-refractivity contribution in [3.8, 4) is 0 Å². The zero-order chi connectivity index (χ0) is 19.8. The predicted octanol–water partition coefficient (Wildman–Crippen LogP) is 3.53. The monoisotopic (exact) mass is 392 g/mol. The molecule has 1 aromatic heterocycles. The van der Waals surface area contributed by atoms with Gasteiger partial charge in [-0.2, -0.15) is 0 Å². The summed E-state index contributed by atoms with van der Waals surface area (Å²) >= 11 is 0. The molecule has 1 unspecified atom stereocenters. The molecular weight excluding hydrogens is 367 g/mol. The van der Waals surface area contributed by atoms with E-state index in [1.807, 2.05) is 39.8 Å². The molecule has 2 aromatic carbocycles. The molecule has 0 saturated carbocycles. The van der Waals surface area contributed by atoms with Gasteiger partial charge in [0.15, 0.2) is 0 Å². The second kappa shape index (κ2) is 7.59. The molecule has 6 heteroatoms. The molecule has 0 bridgehead atoms. The second-order valence-corrected chi connectivity index (χ2v) is 8.11. The molecular formula is C23H25FN4O. The quantitative estimate of drug-likeness (QED) is 0.682. The van der Waals surface area contributed by atoms with E-state index in [1.165, 1.54) is 18.9 Å². The number of hydrogen-bond acceptors (Lipinski definition) is 3. The minimum Gasteiger partial charge on any atom is -0.337 e. The van der Waals surface area contributed by atoms with Crippen LogP contribution < -0.4 is 0 Å². The van der Waals surface area contributed by atoms with Gasteiger partial charge in [0.05, 0.1) is 22.9 Å². The average Bonchev–Trinajstić information content (AvgIpc) is 3.48. The minimum absolute atomic E-state index is 0.173. The third kappa shape index (κ3) is 3.53. The number of imidazole rings is 1. The van der Waals surface area contributed by atoms with E-state index in [0.29, 0.717) is 25.7 Å². The Labute approximate surface area is 169 Å². The Morgan fingerprint density at radius 1 is 1.10 bits per heavy atom. The fraction of sp³-hybridized carbons (Fsp3) is 0.391. The van der Waals surface area contributed by atoms with Crippen molar-refractivity contribution in [2.75, 3.05) is 26.2 Å². The number of carbonyl (C=O) groups is 1. The molecule has 3 aromatic rings. The Hall–Kier alpha value is -2.73. The highest BCUT2D eigenvalue weighted by Crippen LogP contribution is 2.23. The standard InChI is InChI=1S/C23H25FN4O/c24-20-13-17(14-28-16-25-21-5-1-2-6-22(21)28)7-8-19(20)23(29)27-12-9-18(15-27)26-10-3-4-11-26/h1-2,5-8,13,16,18H,3-4,9-12,14-15H2. The van der Waals surface area contributed by atoms with Crippen LogP contribution in [0.5, 0.6) is 0 Å². The topological polar surface area (TPSA) is 41.4 Å². The van der Waals surface area contributed by atoms with Crippen LogP contribution in [0.25, 0.3) is 11.0 Å². The van der Waals surface area contributed by atoms with Gasteiger partial charge in [-0.25, -0.2) is 9.37 Å². The van der Waals surface area contributed by atoms with Gasteiger partial charge in [-0.05, 0) is 62.2 Å². The van der Waals surface area contributed by atoms with E-state index >= 15 is 0 Å². The Morgan fingerprint density at radius 3 is 2.76 bits per heavy atom. The van der Waals surface area contributed by atoms with Gasteiger partial charge in [0.1, 0.15) is 5.82 Å². The van der Waals surface area contributed by atoms with Crippen molar-refractivity contribution in [2.45, 2.75) is 31.8 Å². The molecule has 2 saturated heterocycles. The van der Waals surface area contributed by atoms with Gasteiger partial charge in [0, 0.05) is 25.7 Å². The lowest BCUT2D eigenvalue weighted by molar-refractivity contribution is 0.0775. The largest absolute Gasteiger partial charge is 0.337 e. The lowest BCUT2D eigenvalue weighted by Gasteiger charge is -2.23. The third-order valence-electron chi connectivity index (χ3n) is 6.25. The van der Waals surface area contributed by atoms with Crippen LogP contribution in [0.4, 0.5) is 4.39 Å². The molecule has 5 nitrogen and oxygen atoms in total. The highest BCUT2D eigenvalue weighted by molar-refractivity contribution is 5.94. The number of benzene rings is 2. The number of rotatable bonds is 4. The van der Waals surface area contributed by atoms with Crippen molar-refractivity contribution < 1.29 is 9.18 Å². The molecule has 150 valence electrons. The van der Waals surface area contributed by atoms with Gasteiger partial charge in [-0.15, -0.1) is 0 Å². The fourth-order valence-electron chi connectivity index (χ4n) is 4.66. The van der Waals surface area contributed by atoms with Crippen LogP contribution in [0.2, 0.25) is 0 Å². The Bertz CT molecular complexity index is 1040. The number of likely N-dealkylation sites (tertiary alicyclic amines) is 2. The van der Waals surface area contributed by atoms with E-state index in [2.05, 4.69) is 9.88 Å². The van der Waals surface area contributed by atoms with Crippen molar-refractivity contribution in [1.82, 2.24) is 19.4 Å². The van der Waals surface area contributed by atoms with Gasteiger partial charge in [0.25, 0.3) is 5.91 Å². The maximum absolute atomic E-state index is 14.8. The maximum Gasteiger partial charge on any atom is 0.256 e. The van der Waals surface area contributed by atoms with E-state index in [4.69, 9.17) is 0 Å². The van der Waals surface area contributed by atoms with E-state index in [1.54, 1.807) is 12.4 Å². The molecule has 0 N–H and O–H groups in total. The van der Waals surface area contributed by atoms with Crippen molar-refractivity contribution >= 4 is 16.9 Å². The zero-order valence-electron chi connectivity index (χ0n) is 16.4. The summed E-state index contributed by atoms with van der Waals surface area (Å²) in [4.78, 5) is 21.5. The Balaban J connectivity index is 1.30. The summed E-state index contributed by atoms with van der Waals surface area (Å²) in [5, 5.41) is 0. The van der Waals surface area contributed by atoms with Crippen LogP contribution in [-0.2, 0) is 6.54 Å². The molecule has 0 radical (unpaired) electrons. The lowest BCUT2D eigenvalue weighted by atomic mass is 10.1. The highest BCUT2D eigenvalue weighted by Gasteiger charge is 2.32. The van der Waals surface area contributed by atoms with Gasteiger partial charge >= 0.3 is 0 Å². The number of amides is 1. The molecule has 0 spiro atoms. The van der Waals surface area contributed by atoms with E-state index in [0.717, 1.165) is 36.1 Å². The average molecular weight is 392 g/mol. The number of aromatic nitrogens is 2. The molecule has 1 atom stereocenters. The number of hydrogen-bond donors (Lipinski definition) is 0. The van der Waals surface area contributed by atoms with Crippen LogP contribution >= 0.6 is 0 Å². The highest BCUT2D eigenvalue weighted by atomic mass is 19.1. The summed E-state index contributed by atoms with van der Waals surface area (Å²) in [6, 6.07) is 13.3. The minimum atomic E-state index is -0.443.